The summed E-state index contributed by atoms with van der Waals surface area (Å²) in [7, 11) is 0. The van der Waals surface area contributed by atoms with Gasteiger partial charge in [-0.1, -0.05) is 6.07 Å². The van der Waals surface area contributed by atoms with Gasteiger partial charge in [0.1, 0.15) is 11.5 Å². The molecule has 5 nitrogen and oxygen atoms in total. The van der Waals surface area contributed by atoms with Crippen molar-refractivity contribution < 1.29 is 14.5 Å². The number of nitro groups is 1. The number of rotatable bonds is 5. The Bertz CT molecular complexity index is 458. The van der Waals surface area contributed by atoms with E-state index in [1.54, 1.807) is 12.1 Å². The highest BCUT2D eigenvalue weighted by molar-refractivity contribution is 5.82. The normalized spacial score (nSPS) is 18.9. The van der Waals surface area contributed by atoms with Crippen molar-refractivity contribution in [2.45, 2.75) is 25.7 Å². The maximum Gasteiger partial charge on any atom is 0.273 e. The molecule has 0 N–H and O–H groups in total. The number of ether oxygens (including phenoxy) is 1. The Labute approximate surface area is 105 Å². The summed E-state index contributed by atoms with van der Waals surface area (Å²) in [6.45, 7) is 0.428. The summed E-state index contributed by atoms with van der Waals surface area (Å²) >= 11 is 0. The van der Waals surface area contributed by atoms with Crippen LogP contribution in [0.3, 0.4) is 0 Å². The van der Waals surface area contributed by atoms with Gasteiger partial charge in [0.15, 0.2) is 0 Å². The molecule has 1 aromatic carbocycles. The topological polar surface area (TPSA) is 69.4 Å². The summed E-state index contributed by atoms with van der Waals surface area (Å²) in [5, 5.41) is 10.6. The molecule has 1 saturated carbocycles. The van der Waals surface area contributed by atoms with Gasteiger partial charge in [-0.3, -0.25) is 14.9 Å². The fourth-order valence-corrected chi connectivity index (χ4v) is 2.20. The van der Waals surface area contributed by atoms with Crippen molar-refractivity contribution in [1.82, 2.24) is 0 Å². The monoisotopic (exact) mass is 249 g/mol. The van der Waals surface area contributed by atoms with Crippen LogP contribution in [0.25, 0.3) is 0 Å². The second-order valence-corrected chi connectivity index (χ2v) is 4.45. The van der Waals surface area contributed by atoms with Gasteiger partial charge in [0.2, 0.25) is 0 Å². The Balaban J connectivity index is 1.84. The molecular weight excluding hydrogens is 234 g/mol. The zero-order valence-corrected chi connectivity index (χ0v) is 10.0. The molecule has 5 heteroatoms. The molecule has 18 heavy (non-hydrogen) atoms. The molecule has 1 unspecified atom stereocenters. The van der Waals surface area contributed by atoms with Gasteiger partial charge in [0.05, 0.1) is 17.6 Å². The van der Waals surface area contributed by atoms with Gasteiger partial charge in [-0.05, 0) is 25.3 Å². The fraction of sp³-hybridized carbons (Fsp3) is 0.462. The second kappa shape index (κ2) is 5.62. The lowest BCUT2D eigenvalue weighted by atomic mass is 10.0. The Kier molecular flexibility index (Phi) is 3.92. The first-order valence-corrected chi connectivity index (χ1v) is 6.07. The number of carbonyl (C=O) groups is 1. The molecule has 0 aliphatic heterocycles. The molecule has 0 heterocycles. The van der Waals surface area contributed by atoms with Crippen molar-refractivity contribution in [2.24, 2.45) is 5.92 Å². The number of hydrogen-bond acceptors (Lipinski definition) is 4. The van der Waals surface area contributed by atoms with Crippen LogP contribution in [0.4, 0.5) is 5.69 Å². The average Bonchev–Trinajstić information content (AvgIpc) is 2.76. The molecular formula is C13H15NO4. The van der Waals surface area contributed by atoms with Crippen LogP contribution in [0.15, 0.2) is 24.3 Å². The second-order valence-electron chi connectivity index (χ2n) is 4.45. The number of Topliss-reactive ketones (excluding diaryl/α,β-unsaturated/α-hetero) is 1. The van der Waals surface area contributed by atoms with Crippen molar-refractivity contribution in [2.75, 3.05) is 6.61 Å². The SMILES string of the molecule is O=C1CCCC1CCOc1cccc([N+](=O)[O-])c1. The van der Waals surface area contributed by atoms with Crippen molar-refractivity contribution in [3.8, 4) is 5.75 Å². The van der Waals surface area contributed by atoms with E-state index in [0.29, 0.717) is 31.0 Å². The molecule has 1 atom stereocenters. The van der Waals surface area contributed by atoms with Crippen LogP contribution < -0.4 is 4.74 Å². The van der Waals surface area contributed by atoms with Crippen LogP contribution in [0, 0.1) is 16.0 Å². The molecule has 0 saturated heterocycles. The first kappa shape index (κ1) is 12.5. The van der Waals surface area contributed by atoms with Crippen LogP contribution in [-0.4, -0.2) is 17.3 Å². The highest BCUT2D eigenvalue weighted by Gasteiger charge is 2.23. The molecule has 1 fully saturated rings. The van der Waals surface area contributed by atoms with Gasteiger partial charge in [0, 0.05) is 18.4 Å². The van der Waals surface area contributed by atoms with Gasteiger partial charge < -0.3 is 4.74 Å². The Morgan fingerprint density at radius 3 is 2.94 bits per heavy atom. The van der Waals surface area contributed by atoms with Gasteiger partial charge in [-0.15, -0.1) is 0 Å². The lowest BCUT2D eigenvalue weighted by Gasteiger charge is -2.09. The number of non-ortho nitro benzene ring substituents is 1. The van der Waals surface area contributed by atoms with Crippen LogP contribution in [0.2, 0.25) is 0 Å². The van der Waals surface area contributed by atoms with E-state index in [2.05, 4.69) is 0 Å². The van der Waals surface area contributed by atoms with E-state index < -0.39 is 4.92 Å². The average molecular weight is 249 g/mol. The maximum absolute atomic E-state index is 11.4. The molecule has 0 spiro atoms. The van der Waals surface area contributed by atoms with E-state index in [1.807, 2.05) is 0 Å². The lowest BCUT2D eigenvalue weighted by Crippen LogP contribution is -2.11. The standard InChI is InChI=1S/C13H15NO4/c15-13-6-1-3-10(13)7-8-18-12-5-2-4-11(9-12)14(16)17/h2,4-5,9-10H,1,3,6-8H2. The Hall–Kier alpha value is -1.91. The molecule has 1 aliphatic rings. The van der Waals surface area contributed by atoms with Gasteiger partial charge in [0.25, 0.3) is 5.69 Å². The van der Waals surface area contributed by atoms with E-state index in [1.165, 1.54) is 12.1 Å². The third kappa shape index (κ3) is 3.06. The highest BCUT2D eigenvalue weighted by atomic mass is 16.6. The number of ketones is 1. The summed E-state index contributed by atoms with van der Waals surface area (Å²) < 4.78 is 5.45. The highest BCUT2D eigenvalue weighted by Crippen LogP contribution is 2.25. The first-order chi connectivity index (χ1) is 8.66. The molecule has 1 aliphatic carbocycles. The van der Waals surface area contributed by atoms with Crippen molar-refractivity contribution in [3.05, 3.63) is 34.4 Å². The molecule has 2 rings (SSSR count). The van der Waals surface area contributed by atoms with Crippen LogP contribution in [-0.2, 0) is 4.79 Å². The Morgan fingerprint density at radius 2 is 2.28 bits per heavy atom. The van der Waals surface area contributed by atoms with E-state index >= 15 is 0 Å². The minimum atomic E-state index is -0.451. The van der Waals surface area contributed by atoms with Crippen LogP contribution >= 0.6 is 0 Å². The summed E-state index contributed by atoms with van der Waals surface area (Å²) in [5.41, 5.74) is 0.0180. The van der Waals surface area contributed by atoms with E-state index in [9.17, 15) is 14.9 Å². The number of hydrogen-bond donors (Lipinski definition) is 0. The number of nitrogens with zero attached hydrogens (tertiary/aromatic N) is 1. The third-order valence-electron chi connectivity index (χ3n) is 3.19. The van der Waals surface area contributed by atoms with E-state index in [-0.39, 0.29) is 11.6 Å². The quantitative estimate of drug-likeness (QED) is 0.594. The lowest BCUT2D eigenvalue weighted by molar-refractivity contribution is -0.384. The van der Waals surface area contributed by atoms with Crippen molar-refractivity contribution in [3.63, 3.8) is 0 Å². The first-order valence-electron chi connectivity index (χ1n) is 6.07. The smallest absolute Gasteiger partial charge is 0.273 e. The summed E-state index contributed by atoms with van der Waals surface area (Å²) in [5.74, 6) is 0.913. The van der Waals surface area contributed by atoms with E-state index in [0.717, 1.165) is 12.8 Å². The van der Waals surface area contributed by atoms with Crippen LogP contribution in [0.1, 0.15) is 25.7 Å². The largest absolute Gasteiger partial charge is 0.493 e. The molecule has 0 amide bonds. The van der Waals surface area contributed by atoms with Crippen LogP contribution in [0.5, 0.6) is 5.75 Å². The number of benzene rings is 1. The summed E-state index contributed by atoms with van der Waals surface area (Å²) in [6, 6.07) is 6.10. The number of carbonyl (C=O) groups excluding carboxylic acids is 1. The molecule has 0 radical (unpaired) electrons. The van der Waals surface area contributed by atoms with Gasteiger partial charge in [-0.2, -0.15) is 0 Å². The summed E-state index contributed by atoms with van der Waals surface area (Å²) in [6.07, 6.45) is 3.29. The summed E-state index contributed by atoms with van der Waals surface area (Å²) in [4.78, 5) is 21.5. The zero-order chi connectivity index (χ0) is 13.0. The molecule has 0 bridgehead atoms. The van der Waals surface area contributed by atoms with Crippen molar-refractivity contribution in [1.29, 1.82) is 0 Å². The predicted octanol–water partition coefficient (Wildman–Crippen LogP) is 2.73. The minimum absolute atomic E-state index is 0.0180. The van der Waals surface area contributed by atoms with Crippen molar-refractivity contribution >= 4 is 11.5 Å². The molecule has 1 aromatic rings. The minimum Gasteiger partial charge on any atom is -0.493 e. The van der Waals surface area contributed by atoms with E-state index in [4.69, 9.17) is 4.74 Å². The number of nitro benzene ring substituents is 1. The molecule has 96 valence electrons. The third-order valence-corrected chi connectivity index (χ3v) is 3.19. The van der Waals surface area contributed by atoms with Gasteiger partial charge >= 0.3 is 0 Å². The fourth-order valence-electron chi connectivity index (χ4n) is 2.20. The molecule has 0 aromatic heterocycles. The Morgan fingerprint density at radius 1 is 1.44 bits per heavy atom. The maximum atomic E-state index is 11.4. The van der Waals surface area contributed by atoms with Gasteiger partial charge in [-0.25, -0.2) is 0 Å². The predicted molar refractivity (Wildman–Crippen MR) is 65.6 cm³/mol. The zero-order valence-electron chi connectivity index (χ0n) is 10.0.